The minimum atomic E-state index is -4.87. The highest BCUT2D eigenvalue weighted by Gasteiger charge is 2.46. The summed E-state index contributed by atoms with van der Waals surface area (Å²) < 4.78 is 53.2. The number of rotatable bonds is 8. The number of ether oxygens (including phenoxy) is 3. The van der Waals surface area contributed by atoms with Crippen LogP contribution in [0.1, 0.15) is 60.2 Å². The van der Waals surface area contributed by atoms with E-state index in [-0.39, 0.29) is 23.9 Å². The highest BCUT2D eigenvalue weighted by atomic mass is 19.4. The number of carbonyl (C=O) groups is 2. The van der Waals surface area contributed by atoms with Crippen molar-refractivity contribution in [1.82, 2.24) is 0 Å². The third-order valence-corrected chi connectivity index (χ3v) is 5.54. The summed E-state index contributed by atoms with van der Waals surface area (Å²) >= 11 is 0. The maximum Gasteiger partial charge on any atom is 0.573 e. The second-order valence-electron chi connectivity index (χ2n) is 8.67. The van der Waals surface area contributed by atoms with Gasteiger partial charge in [0.1, 0.15) is 11.5 Å². The topological polar surface area (TPSA) is 61.8 Å². The number of aryl methyl sites for hydroxylation is 2. The van der Waals surface area contributed by atoms with Crippen LogP contribution in [-0.4, -0.2) is 30.3 Å². The molecule has 0 bridgehead atoms. The van der Waals surface area contributed by atoms with Crippen molar-refractivity contribution >= 4 is 11.8 Å². The van der Waals surface area contributed by atoms with Gasteiger partial charge in [-0.25, -0.2) is 4.79 Å². The molecule has 1 aliphatic rings. The Labute approximate surface area is 190 Å². The molecular weight excluding hydrogens is 437 g/mol. The predicted molar refractivity (Wildman–Crippen MR) is 116 cm³/mol. The van der Waals surface area contributed by atoms with Gasteiger partial charge in [0.05, 0.1) is 12.2 Å². The third-order valence-electron chi connectivity index (χ3n) is 5.54. The molecule has 2 atom stereocenters. The standard InChI is InChI=1S/C25H27F3O5/c1-6-31-23(30)24(4,5)33-22-14(2)11-16(12-15(22)3)18-13-19(18)21(29)17-9-7-8-10-20(17)32-25(26,27)28/h7-12,18-19H,6,13H2,1-5H3. The maximum atomic E-state index is 12.9. The quantitative estimate of drug-likeness (QED) is 0.359. The van der Waals surface area contributed by atoms with Crippen molar-refractivity contribution in [1.29, 1.82) is 0 Å². The first-order chi connectivity index (χ1) is 15.3. The van der Waals surface area contributed by atoms with Crippen LogP contribution in [0.25, 0.3) is 0 Å². The lowest BCUT2D eigenvalue weighted by Gasteiger charge is -2.26. The van der Waals surface area contributed by atoms with E-state index in [1.807, 2.05) is 26.0 Å². The average Bonchev–Trinajstić information content (AvgIpc) is 3.50. The lowest BCUT2D eigenvalue weighted by Crippen LogP contribution is -2.40. The summed E-state index contributed by atoms with van der Waals surface area (Å²) in [6.07, 6.45) is -4.34. The second kappa shape index (κ2) is 9.08. The largest absolute Gasteiger partial charge is 0.573 e. The van der Waals surface area contributed by atoms with E-state index in [1.165, 1.54) is 18.2 Å². The van der Waals surface area contributed by atoms with Gasteiger partial charge in [0.15, 0.2) is 11.4 Å². The zero-order valence-corrected chi connectivity index (χ0v) is 19.2. The molecule has 2 aromatic rings. The molecule has 8 heteroatoms. The van der Waals surface area contributed by atoms with Gasteiger partial charge in [-0.15, -0.1) is 13.2 Å². The van der Waals surface area contributed by atoms with Crippen LogP contribution in [0.5, 0.6) is 11.5 Å². The van der Waals surface area contributed by atoms with Crippen LogP contribution in [-0.2, 0) is 9.53 Å². The Hall–Kier alpha value is -3.03. The summed E-state index contributed by atoms with van der Waals surface area (Å²) in [5, 5.41) is 0. The van der Waals surface area contributed by atoms with Crippen molar-refractivity contribution in [3.63, 3.8) is 0 Å². The van der Waals surface area contributed by atoms with E-state index >= 15 is 0 Å². The summed E-state index contributed by atoms with van der Waals surface area (Å²) in [6, 6.07) is 9.18. The van der Waals surface area contributed by atoms with Crippen molar-refractivity contribution in [2.24, 2.45) is 5.92 Å². The molecule has 0 heterocycles. The predicted octanol–water partition coefficient (Wildman–Crippen LogP) is 5.91. The number of Topliss-reactive ketones (excluding diaryl/α,β-unsaturated/α-hetero) is 1. The number of hydrogen-bond acceptors (Lipinski definition) is 5. The molecule has 178 valence electrons. The zero-order chi connectivity index (χ0) is 24.6. The Kier molecular flexibility index (Phi) is 6.77. The highest BCUT2D eigenvalue weighted by Crippen LogP contribution is 2.51. The molecule has 0 radical (unpaired) electrons. The number of ketones is 1. The first kappa shape index (κ1) is 24.6. The van der Waals surface area contributed by atoms with Gasteiger partial charge in [0.2, 0.25) is 0 Å². The molecule has 0 aromatic heterocycles. The molecule has 0 aliphatic heterocycles. The summed E-state index contributed by atoms with van der Waals surface area (Å²) in [5.41, 5.74) is 1.24. The molecule has 2 aromatic carbocycles. The molecule has 1 fully saturated rings. The van der Waals surface area contributed by atoms with Gasteiger partial charge >= 0.3 is 12.3 Å². The maximum absolute atomic E-state index is 12.9. The minimum absolute atomic E-state index is 0.0769. The van der Waals surface area contributed by atoms with E-state index in [9.17, 15) is 22.8 Å². The van der Waals surface area contributed by atoms with Gasteiger partial charge in [0.25, 0.3) is 0 Å². The Morgan fingerprint density at radius 1 is 1.03 bits per heavy atom. The summed E-state index contributed by atoms with van der Waals surface area (Å²) in [4.78, 5) is 25.1. The summed E-state index contributed by atoms with van der Waals surface area (Å²) in [6.45, 7) is 8.93. The van der Waals surface area contributed by atoms with Crippen LogP contribution in [0.2, 0.25) is 0 Å². The van der Waals surface area contributed by atoms with E-state index in [2.05, 4.69) is 4.74 Å². The number of carbonyl (C=O) groups excluding carboxylic acids is 2. The number of hydrogen-bond donors (Lipinski definition) is 0. The van der Waals surface area contributed by atoms with Gasteiger partial charge < -0.3 is 14.2 Å². The van der Waals surface area contributed by atoms with E-state index < -0.39 is 29.6 Å². The van der Waals surface area contributed by atoms with E-state index in [0.717, 1.165) is 22.8 Å². The zero-order valence-electron chi connectivity index (χ0n) is 19.2. The monoisotopic (exact) mass is 464 g/mol. The number of para-hydroxylation sites is 1. The minimum Gasteiger partial charge on any atom is -0.476 e. The third kappa shape index (κ3) is 5.67. The Bertz CT molecular complexity index is 1040. The van der Waals surface area contributed by atoms with E-state index in [0.29, 0.717) is 12.2 Å². The van der Waals surface area contributed by atoms with Crippen molar-refractivity contribution in [2.45, 2.75) is 58.9 Å². The normalized spacial score (nSPS) is 17.9. The fourth-order valence-electron chi connectivity index (χ4n) is 3.90. The number of esters is 1. The molecule has 0 amide bonds. The van der Waals surface area contributed by atoms with Crippen LogP contribution in [0.15, 0.2) is 36.4 Å². The van der Waals surface area contributed by atoms with Crippen molar-refractivity contribution in [2.75, 3.05) is 6.61 Å². The van der Waals surface area contributed by atoms with Crippen molar-refractivity contribution in [3.8, 4) is 11.5 Å². The van der Waals surface area contributed by atoms with Crippen LogP contribution < -0.4 is 9.47 Å². The van der Waals surface area contributed by atoms with Gasteiger partial charge in [-0.3, -0.25) is 4.79 Å². The molecule has 1 aliphatic carbocycles. The number of halogens is 3. The van der Waals surface area contributed by atoms with Crippen LogP contribution in [0.3, 0.4) is 0 Å². The second-order valence-corrected chi connectivity index (χ2v) is 8.67. The first-order valence-electron chi connectivity index (χ1n) is 10.7. The molecule has 0 N–H and O–H groups in total. The fraction of sp³-hybridized carbons (Fsp3) is 0.440. The average molecular weight is 464 g/mol. The molecular formula is C25H27F3O5. The van der Waals surface area contributed by atoms with Crippen molar-refractivity contribution in [3.05, 3.63) is 58.7 Å². The number of benzene rings is 2. The lowest BCUT2D eigenvalue weighted by molar-refractivity contribution is -0.274. The van der Waals surface area contributed by atoms with Gasteiger partial charge in [-0.05, 0) is 75.8 Å². The van der Waals surface area contributed by atoms with E-state index in [4.69, 9.17) is 9.47 Å². The molecule has 2 unspecified atom stereocenters. The highest BCUT2D eigenvalue weighted by molar-refractivity contribution is 6.02. The first-order valence-corrected chi connectivity index (χ1v) is 10.7. The smallest absolute Gasteiger partial charge is 0.476 e. The fourth-order valence-corrected chi connectivity index (χ4v) is 3.90. The molecule has 1 saturated carbocycles. The van der Waals surface area contributed by atoms with Crippen molar-refractivity contribution < 1.29 is 37.0 Å². The van der Waals surface area contributed by atoms with Crippen LogP contribution >= 0.6 is 0 Å². The number of alkyl halides is 3. The van der Waals surface area contributed by atoms with Crippen LogP contribution in [0.4, 0.5) is 13.2 Å². The Morgan fingerprint density at radius 3 is 2.21 bits per heavy atom. The Balaban J connectivity index is 1.78. The summed E-state index contributed by atoms with van der Waals surface area (Å²) in [7, 11) is 0. The van der Waals surface area contributed by atoms with Gasteiger partial charge in [-0.1, -0.05) is 24.3 Å². The molecule has 0 spiro atoms. The molecule has 33 heavy (non-hydrogen) atoms. The SMILES string of the molecule is CCOC(=O)C(C)(C)Oc1c(C)cc(C2CC2C(=O)c2ccccc2OC(F)(F)F)cc1C. The van der Waals surface area contributed by atoms with Gasteiger partial charge in [0, 0.05) is 5.92 Å². The van der Waals surface area contributed by atoms with Gasteiger partial charge in [-0.2, -0.15) is 0 Å². The van der Waals surface area contributed by atoms with Crippen LogP contribution in [0, 0.1) is 19.8 Å². The lowest BCUT2D eigenvalue weighted by atomic mass is 9.98. The molecule has 0 saturated heterocycles. The Morgan fingerprint density at radius 2 is 1.64 bits per heavy atom. The van der Waals surface area contributed by atoms with E-state index in [1.54, 1.807) is 20.8 Å². The summed E-state index contributed by atoms with van der Waals surface area (Å²) in [5.74, 6) is -1.31. The molecule has 3 rings (SSSR count). The molecule has 5 nitrogen and oxygen atoms in total.